The number of hydrogen-bond donors (Lipinski definition) is 2. The molecule has 1 saturated carbocycles. The summed E-state index contributed by atoms with van der Waals surface area (Å²) < 4.78 is 1.84. The standard InChI is InChI=1S/C26H30N2O4/c1-6-25(2,3)28-14-18-11-17(9-10-26(4,5)32)19(16-7-8-16)12-20(18)22-13-23(29)21(24(30)31)15-27(22)28/h11-13,15-16,32H,6-8,14H2,1-5H3,(H,30,31). The number of fused-ring (bicyclic) bond motifs is 3. The lowest BCUT2D eigenvalue weighted by molar-refractivity contribution is 0.0694. The number of pyridine rings is 1. The average molecular weight is 435 g/mol. The molecule has 0 spiro atoms. The Morgan fingerprint density at radius 3 is 2.44 bits per heavy atom. The van der Waals surface area contributed by atoms with Gasteiger partial charge >= 0.3 is 5.97 Å². The van der Waals surface area contributed by atoms with Gasteiger partial charge in [0.05, 0.1) is 17.8 Å². The Labute approximate surface area is 188 Å². The first-order valence-electron chi connectivity index (χ1n) is 11.1. The van der Waals surface area contributed by atoms with Gasteiger partial charge in [-0.1, -0.05) is 18.8 Å². The molecule has 6 heteroatoms. The highest BCUT2D eigenvalue weighted by Crippen LogP contribution is 2.45. The van der Waals surface area contributed by atoms with Crippen molar-refractivity contribution in [3.8, 4) is 23.1 Å². The fraction of sp³-hybridized carbons (Fsp3) is 0.462. The van der Waals surface area contributed by atoms with Crippen molar-refractivity contribution in [2.75, 3.05) is 5.01 Å². The van der Waals surface area contributed by atoms with E-state index >= 15 is 0 Å². The smallest absolute Gasteiger partial charge is 0.341 e. The number of nitrogens with zero attached hydrogens (tertiary/aromatic N) is 2. The fourth-order valence-corrected chi connectivity index (χ4v) is 4.10. The van der Waals surface area contributed by atoms with E-state index in [1.807, 2.05) is 4.68 Å². The molecule has 6 nitrogen and oxygen atoms in total. The van der Waals surface area contributed by atoms with Crippen LogP contribution in [0.1, 0.15) is 86.8 Å². The molecule has 1 aliphatic carbocycles. The lowest BCUT2D eigenvalue weighted by Gasteiger charge is -2.45. The first-order valence-corrected chi connectivity index (χ1v) is 11.1. The summed E-state index contributed by atoms with van der Waals surface area (Å²) in [7, 11) is 0. The molecule has 0 radical (unpaired) electrons. The number of aliphatic hydroxyl groups is 1. The molecule has 32 heavy (non-hydrogen) atoms. The molecule has 0 saturated heterocycles. The van der Waals surface area contributed by atoms with Gasteiger partial charge in [0.15, 0.2) is 5.43 Å². The number of benzene rings is 1. The Balaban J connectivity index is 1.97. The normalized spacial score (nSPS) is 15.5. The second kappa shape index (κ2) is 7.53. The van der Waals surface area contributed by atoms with Crippen molar-refractivity contribution in [2.45, 2.75) is 77.5 Å². The minimum Gasteiger partial charge on any atom is -0.477 e. The minimum absolute atomic E-state index is 0.232. The van der Waals surface area contributed by atoms with Crippen molar-refractivity contribution < 1.29 is 15.0 Å². The quantitative estimate of drug-likeness (QED) is 0.714. The van der Waals surface area contributed by atoms with Crippen LogP contribution in [0.5, 0.6) is 0 Å². The number of carboxylic acids is 1. The third-order valence-corrected chi connectivity index (χ3v) is 6.48. The number of aromatic nitrogens is 1. The molecule has 2 heterocycles. The molecule has 2 aliphatic rings. The van der Waals surface area contributed by atoms with Crippen molar-refractivity contribution >= 4 is 5.97 Å². The molecular weight excluding hydrogens is 404 g/mol. The van der Waals surface area contributed by atoms with E-state index in [1.54, 1.807) is 13.8 Å². The second-order valence-electron chi connectivity index (χ2n) is 9.99. The van der Waals surface area contributed by atoms with Crippen molar-refractivity contribution in [3.05, 3.63) is 56.9 Å². The van der Waals surface area contributed by atoms with Gasteiger partial charge in [0, 0.05) is 23.4 Å². The summed E-state index contributed by atoms with van der Waals surface area (Å²) >= 11 is 0. The van der Waals surface area contributed by atoms with Crippen LogP contribution < -0.4 is 10.4 Å². The molecule has 2 aromatic rings. The Kier molecular flexibility index (Phi) is 5.21. The fourth-order valence-electron chi connectivity index (χ4n) is 4.10. The highest BCUT2D eigenvalue weighted by atomic mass is 16.4. The molecule has 4 rings (SSSR count). The summed E-state index contributed by atoms with van der Waals surface area (Å²) in [5.74, 6) is 5.33. The SMILES string of the molecule is CCC(C)(C)N1Cc2cc(C#CC(C)(C)O)c(C3CC3)cc2-c2cc(=O)c(C(=O)O)cn21. The maximum Gasteiger partial charge on any atom is 0.341 e. The summed E-state index contributed by atoms with van der Waals surface area (Å²) in [4.78, 5) is 24.3. The van der Waals surface area contributed by atoms with Gasteiger partial charge in [-0.2, -0.15) is 0 Å². The van der Waals surface area contributed by atoms with Gasteiger partial charge < -0.3 is 15.2 Å². The zero-order chi connectivity index (χ0) is 23.4. The van der Waals surface area contributed by atoms with E-state index in [1.165, 1.54) is 12.3 Å². The van der Waals surface area contributed by atoms with Crippen molar-refractivity contribution in [1.29, 1.82) is 0 Å². The van der Waals surface area contributed by atoms with Crippen LogP contribution in [-0.2, 0) is 6.54 Å². The number of carbonyl (C=O) groups is 1. The average Bonchev–Trinajstić information content (AvgIpc) is 3.55. The molecule has 0 unspecified atom stereocenters. The van der Waals surface area contributed by atoms with E-state index in [9.17, 15) is 19.8 Å². The molecule has 0 bridgehead atoms. The first kappa shape index (κ1) is 22.2. The van der Waals surface area contributed by atoms with E-state index in [2.05, 4.69) is 49.8 Å². The molecule has 1 aromatic heterocycles. The highest BCUT2D eigenvalue weighted by Gasteiger charge is 2.34. The van der Waals surface area contributed by atoms with Gasteiger partial charge in [-0.15, -0.1) is 0 Å². The molecule has 1 aliphatic heterocycles. The number of carboxylic acid groups (broad SMARTS) is 1. The van der Waals surface area contributed by atoms with E-state index in [0.717, 1.165) is 41.5 Å². The van der Waals surface area contributed by atoms with Crippen molar-refractivity contribution in [3.63, 3.8) is 0 Å². The van der Waals surface area contributed by atoms with Crippen LogP contribution in [0.4, 0.5) is 0 Å². The van der Waals surface area contributed by atoms with Crippen LogP contribution in [0.2, 0.25) is 0 Å². The Morgan fingerprint density at radius 2 is 1.88 bits per heavy atom. The molecule has 0 amide bonds. The first-order chi connectivity index (χ1) is 14.9. The third-order valence-electron chi connectivity index (χ3n) is 6.48. The molecule has 0 atom stereocenters. The minimum atomic E-state index is -1.22. The van der Waals surface area contributed by atoms with Crippen molar-refractivity contribution in [1.82, 2.24) is 4.68 Å². The summed E-state index contributed by atoms with van der Waals surface area (Å²) in [6.07, 6.45) is 4.48. The summed E-state index contributed by atoms with van der Waals surface area (Å²) in [6.45, 7) is 10.2. The van der Waals surface area contributed by atoms with Crippen LogP contribution in [0.15, 0.2) is 29.2 Å². The molecule has 168 valence electrons. The molecule has 1 fully saturated rings. The summed E-state index contributed by atoms with van der Waals surface area (Å²) in [6, 6.07) is 5.64. The second-order valence-corrected chi connectivity index (χ2v) is 9.99. The van der Waals surface area contributed by atoms with Crippen LogP contribution in [-0.4, -0.2) is 32.0 Å². The largest absolute Gasteiger partial charge is 0.477 e. The van der Waals surface area contributed by atoms with Gasteiger partial charge in [0.2, 0.25) is 0 Å². The van der Waals surface area contributed by atoms with Crippen LogP contribution in [0, 0.1) is 11.8 Å². The number of aromatic carboxylic acids is 1. The Morgan fingerprint density at radius 1 is 1.19 bits per heavy atom. The van der Waals surface area contributed by atoms with E-state index in [-0.39, 0.29) is 11.1 Å². The van der Waals surface area contributed by atoms with Crippen LogP contribution in [0.25, 0.3) is 11.3 Å². The highest BCUT2D eigenvalue weighted by molar-refractivity contribution is 5.88. The van der Waals surface area contributed by atoms with Crippen molar-refractivity contribution in [2.24, 2.45) is 0 Å². The molecule has 2 N–H and O–H groups in total. The predicted molar refractivity (Wildman–Crippen MR) is 125 cm³/mol. The van der Waals surface area contributed by atoms with Crippen LogP contribution >= 0.6 is 0 Å². The summed E-state index contributed by atoms with van der Waals surface area (Å²) in [5, 5.41) is 21.7. The predicted octanol–water partition coefficient (Wildman–Crippen LogP) is 3.85. The lowest BCUT2D eigenvalue weighted by atomic mass is 9.90. The topological polar surface area (TPSA) is 82.8 Å². The number of rotatable bonds is 4. The van der Waals surface area contributed by atoms with E-state index in [0.29, 0.717) is 18.2 Å². The zero-order valence-electron chi connectivity index (χ0n) is 19.3. The molecular formula is C26H30N2O4. The van der Waals surface area contributed by atoms with E-state index < -0.39 is 17.0 Å². The maximum atomic E-state index is 12.6. The third kappa shape index (κ3) is 4.05. The monoisotopic (exact) mass is 434 g/mol. The van der Waals surface area contributed by atoms with Gasteiger partial charge in [0.1, 0.15) is 11.2 Å². The lowest BCUT2D eigenvalue weighted by Crippen LogP contribution is -2.52. The van der Waals surface area contributed by atoms with Crippen LogP contribution in [0.3, 0.4) is 0 Å². The Hall–Kier alpha value is -3.04. The summed E-state index contributed by atoms with van der Waals surface area (Å²) in [5.41, 5.74) is 2.65. The van der Waals surface area contributed by atoms with Gasteiger partial charge in [0.25, 0.3) is 0 Å². The van der Waals surface area contributed by atoms with Gasteiger partial charge in [-0.25, -0.2) is 4.79 Å². The van der Waals surface area contributed by atoms with Gasteiger partial charge in [-0.3, -0.25) is 9.47 Å². The zero-order valence-corrected chi connectivity index (χ0v) is 19.3. The van der Waals surface area contributed by atoms with E-state index in [4.69, 9.17) is 0 Å². The molecule has 1 aromatic carbocycles. The number of hydrogen-bond acceptors (Lipinski definition) is 4. The maximum absolute atomic E-state index is 12.6. The van der Waals surface area contributed by atoms with Gasteiger partial charge in [-0.05, 0) is 76.1 Å². The Bertz CT molecular complexity index is 1220.